The van der Waals surface area contributed by atoms with Crippen molar-refractivity contribution in [3.05, 3.63) is 49.6 Å². The fraction of sp³-hybridized carbons (Fsp3) is 0.286. The summed E-state index contributed by atoms with van der Waals surface area (Å²) in [6.45, 7) is 1.92. The molecule has 0 atom stereocenters. The highest BCUT2D eigenvalue weighted by Crippen LogP contribution is 2.37. The number of fused-ring (bicyclic) bond motifs is 1. The van der Waals surface area contributed by atoms with Gasteiger partial charge < -0.3 is 9.88 Å². The summed E-state index contributed by atoms with van der Waals surface area (Å²) in [4.78, 5) is 16.9. The molecular weight excluding hydrogens is 446 g/mol. The Morgan fingerprint density at radius 2 is 2.13 bits per heavy atom. The van der Waals surface area contributed by atoms with E-state index in [9.17, 15) is 18.0 Å². The van der Waals surface area contributed by atoms with Gasteiger partial charge in [-0.2, -0.15) is 13.2 Å². The number of imidazole rings is 1. The van der Waals surface area contributed by atoms with Crippen LogP contribution in [-0.4, -0.2) is 21.9 Å². The minimum Gasteiger partial charge on any atom is -0.320 e. The second-order valence-corrected chi connectivity index (χ2v) is 6.39. The molecule has 4 nitrogen and oxygen atoms in total. The van der Waals surface area contributed by atoms with E-state index in [1.54, 1.807) is 0 Å². The molecule has 0 saturated heterocycles. The Kier molecular flexibility index (Phi) is 4.41. The van der Waals surface area contributed by atoms with E-state index >= 15 is 0 Å². The molecule has 122 valence electrons. The molecule has 0 bridgehead atoms. The third-order valence-electron chi connectivity index (χ3n) is 3.54. The Morgan fingerprint density at radius 1 is 1.39 bits per heavy atom. The number of ketones is 1. The summed E-state index contributed by atoms with van der Waals surface area (Å²) in [5, 5.41) is 2.54. The molecule has 1 aromatic heterocycles. The summed E-state index contributed by atoms with van der Waals surface area (Å²) < 4.78 is 41.3. The average molecular weight is 456 g/mol. The van der Waals surface area contributed by atoms with Crippen molar-refractivity contribution in [1.82, 2.24) is 14.9 Å². The van der Waals surface area contributed by atoms with Crippen molar-refractivity contribution in [2.45, 2.75) is 19.3 Å². The van der Waals surface area contributed by atoms with Crippen molar-refractivity contribution in [3.63, 3.8) is 0 Å². The van der Waals surface area contributed by atoms with Crippen LogP contribution < -0.4 is 5.32 Å². The first-order valence-corrected chi connectivity index (χ1v) is 8.12. The highest BCUT2D eigenvalue weighted by molar-refractivity contribution is 14.1. The molecule has 0 unspecified atom stereocenters. The quantitative estimate of drug-likeness (QED) is 0.557. The lowest BCUT2D eigenvalue weighted by atomic mass is 10.0. The molecule has 0 spiro atoms. The minimum atomic E-state index is -4.61. The van der Waals surface area contributed by atoms with Crippen LogP contribution in [0.5, 0.6) is 0 Å². The van der Waals surface area contributed by atoms with Crippen molar-refractivity contribution in [2.75, 3.05) is 6.54 Å². The van der Waals surface area contributed by atoms with E-state index in [1.807, 2.05) is 27.2 Å². The molecule has 0 aliphatic carbocycles. The van der Waals surface area contributed by atoms with Crippen LogP contribution in [0.1, 0.15) is 27.4 Å². The van der Waals surface area contributed by atoms with E-state index in [0.29, 0.717) is 22.6 Å². The molecule has 1 N–H and O–H groups in total. The van der Waals surface area contributed by atoms with Crippen molar-refractivity contribution >= 4 is 40.0 Å². The maximum absolute atomic E-state index is 12.9. The second-order valence-electron chi connectivity index (χ2n) is 4.99. The number of hydrogen-bond acceptors (Lipinski definition) is 3. The van der Waals surface area contributed by atoms with Crippen molar-refractivity contribution in [3.8, 4) is 0 Å². The highest BCUT2D eigenvalue weighted by atomic mass is 127. The number of benzene rings is 1. The molecule has 1 aliphatic rings. The topological polar surface area (TPSA) is 46.9 Å². The predicted octanol–water partition coefficient (Wildman–Crippen LogP) is 3.49. The number of rotatable bonds is 2. The Hall–Kier alpha value is -1.13. The fourth-order valence-corrected chi connectivity index (χ4v) is 3.63. The standard InChI is InChI=1S/C14H10ClF3IN3O/c15-10-7(2-1-3-8(10)14(16,17)18)12(23)11-13(19)22-5-4-20-6-9(22)21-11/h1-3,20H,4-6H2. The first kappa shape index (κ1) is 16.7. The van der Waals surface area contributed by atoms with Crippen LogP contribution >= 0.6 is 34.2 Å². The average Bonchev–Trinajstić information content (AvgIpc) is 2.83. The van der Waals surface area contributed by atoms with E-state index in [1.165, 1.54) is 12.1 Å². The zero-order valence-corrected chi connectivity index (χ0v) is 14.5. The first-order valence-electron chi connectivity index (χ1n) is 6.66. The van der Waals surface area contributed by atoms with Gasteiger partial charge in [-0.3, -0.25) is 4.79 Å². The van der Waals surface area contributed by atoms with E-state index in [2.05, 4.69) is 10.3 Å². The number of nitrogens with zero attached hydrogens (tertiary/aromatic N) is 2. The third kappa shape index (κ3) is 2.99. The number of hydrogen-bond donors (Lipinski definition) is 1. The number of nitrogens with one attached hydrogen (secondary N) is 1. The lowest BCUT2D eigenvalue weighted by Gasteiger charge is -2.15. The molecule has 0 fully saturated rings. The number of carbonyl (C=O) groups is 1. The van der Waals surface area contributed by atoms with Gasteiger partial charge in [0.1, 0.15) is 15.2 Å². The molecule has 2 heterocycles. The lowest BCUT2D eigenvalue weighted by molar-refractivity contribution is -0.137. The molecule has 2 aromatic rings. The summed E-state index contributed by atoms with van der Waals surface area (Å²) in [5.41, 5.74) is -1.08. The molecule has 23 heavy (non-hydrogen) atoms. The predicted molar refractivity (Wildman–Crippen MR) is 86.5 cm³/mol. The second kappa shape index (κ2) is 6.06. The van der Waals surface area contributed by atoms with Gasteiger partial charge in [0, 0.05) is 18.7 Å². The molecule has 3 rings (SSSR count). The number of aromatic nitrogens is 2. The SMILES string of the molecule is O=C(c1cccc(C(F)(F)F)c1Cl)c1nc2n(c1I)CCNC2. The molecule has 9 heteroatoms. The van der Waals surface area contributed by atoms with Gasteiger partial charge in [0.2, 0.25) is 5.78 Å². The van der Waals surface area contributed by atoms with Gasteiger partial charge in [0.15, 0.2) is 0 Å². The van der Waals surface area contributed by atoms with Crippen LogP contribution in [-0.2, 0) is 19.3 Å². The Labute approximate surface area is 148 Å². The van der Waals surface area contributed by atoms with Crippen molar-refractivity contribution in [2.24, 2.45) is 0 Å². The van der Waals surface area contributed by atoms with Crippen LogP contribution in [0.3, 0.4) is 0 Å². The van der Waals surface area contributed by atoms with E-state index in [0.717, 1.165) is 12.6 Å². The van der Waals surface area contributed by atoms with Gasteiger partial charge in [-0.1, -0.05) is 17.7 Å². The molecular formula is C14H10ClF3IN3O. The largest absolute Gasteiger partial charge is 0.417 e. The van der Waals surface area contributed by atoms with Gasteiger partial charge in [-0.25, -0.2) is 4.98 Å². The number of halogens is 5. The highest BCUT2D eigenvalue weighted by Gasteiger charge is 2.35. The minimum absolute atomic E-state index is 0.130. The maximum atomic E-state index is 12.9. The molecule has 1 aromatic carbocycles. The summed E-state index contributed by atoms with van der Waals surface area (Å²) in [7, 11) is 0. The Morgan fingerprint density at radius 3 is 2.78 bits per heavy atom. The van der Waals surface area contributed by atoms with Gasteiger partial charge in [-0.05, 0) is 34.7 Å². The first-order chi connectivity index (χ1) is 10.8. The molecule has 0 saturated carbocycles. The van der Waals surface area contributed by atoms with Gasteiger partial charge in [-0.15, -0.1) is 0 Å². The van der Waals surface area contributed by atoms with Gasteiger partial charge in [0.25, 0.3) is 0 Å². The third-order valence-corrected chi connectivity index (χ3v) is 5.04. The van der Waals surface area contributed by atoms with Crippen molar-refractivity contribution < 1.29 is 18.0 Å². The Bertz CT molecular complexity index is 788. The van der Waals surface area contributed by atoms with E-state index < -0.39 is 22.5 Å². The summed E-state index contributed by atoms with van der Waals surface area (Å²) in [5.74, 6) is 0.0829. The number of carbonyl (C=O) groups excluding carboxylic acids is 1. The van der Waals surface area contributed by atoms with Crippen LogP contribution in [0.2, 0.25) is 5.02 Å². The van der Waals surface area contributed by atoms with E-state index in [-0.39, 0.29) is 11.3 Å². The maximum Gasteiger partial charge on any atom is 0.417 e. The Balaban J connectivity index is 2.07. The molecule has 0 amide bonds. The van der Waals surface area contributed by atoms with Crippen LogP contribution in [0.4, 0.5) is 13.2 Å². The van der Waals surface area contributed by atoms with Crippen LogP contribution in [0, 0.1) is 3.70 Å². The fourth-order valence-electron chi connectivity index (χ4n) is 2.43. The normalized spacial score (nSPS) is 14.7. The summed E-state index contributed by atoms with van der Waals surface area (Å²) >= 11 is 7.81. The van der Waals surface area contributed by atoms with Gasteiger partial charge in [0.05, 0.1) is 17.1 Å². The van der Waals surface area contributed by atoms with E-state index in [4.69, 9.17) is 11.6 Å². The monoisotopic (exact) mass is 455 g/mol. The lowest BCUT2D eigenvalue weighted by Crippen LogP contribution is -2.28. The number of alkyl halides is 3. The van der Waals surface area contributed by atoms with Gasteiger partial charge >= 0.3 is 6.18 Å². The zero-order valence-electron chi connectivity index (χ0n) is 11.5. The summed E-state index contributed by atoms with van der Waals surface area (Å²) in [6, 6.07) is 3.31. The molecule has 1 aliphatic heterocycles. The zero-order chi connectivity index (χ0) is 16.8. The van der Waals surface area contributed by atoms with Crippen LogP contribution in [0.15, 0.2) is 18.2 Å². The van der Waals surface area contributed by atoms with Crippen LogP contribution in [0.25, 0.3) is 0 Å². The summed E-state index contributed by atoms with van der Waals surface area (Å²) in [6.07, 6.45) is -4.61. The smallest absolute Gasteiger partial charge is 0.320 e. The van der Waals surface area contributed by atoms with Crippen molar-refractivity contribution in [1.29, 1.82) is 0 Å². The molecule has 0 radical (unpaired) electrons.